The van der Waals surface area contributed by atoms with Gasteiger partial charge in [-0.25, -0.2) is 0 Å². The molecule has 4 nitrogen and oxygen atoms in total. The van der Waals surface area contributed by atoms with Crippen molar-refractivity contribution in [3.8, 4) is 0 Å². The number of carbonyl (C=O) groups excluding carboxylic acids is 2. The van der Waals surface area contributed by atoms with Crippen LogP contribution in [0.1, 0.15) is 21.5 Å². The third-order valence-electron chi connectivity index (χ3n) is 3.20. The van der Waals surface area contributed by atoms with E-state index in [9.17, 15) is 9.59 Å². The van der Waals surface area contributed by atoms with E-state index >= 15 is 0 Å². The van der Waals surface area contributed by atoms with Crippen molar-refractivity contribution in [1.29, 1.82) is 0 Å². The van der Waals surface area contributed by atoms with E-state index in [0.717, 1.165) is 5.56 Å². The molecule has 0 aromatic heterocycles. The summed E-state index contributed by atoms with van der Waals surface area (Å²) < 4.78 is 0. The number of benzene rings is 2. The molecule has 0 atom stereocenters. The number of hydrogen-bond donors (Lipinski definition) is 2. The minimum absolute atomic E-state index is 0.0428. The number of nitrogens with two attached hydrogens (primary N) is 1. The summed E-state index contributed by atoms with van der Waals surface area (Å²) in [5.41, 5.74) is 8.90. The van der Waals surface area contributed by atoms with Gasteiger partial charge in [0, 0.05) is 22.5 Å². The summed E-state index contributed by atoms with van der Waals surface area (Å²) in [6, 6.07) is 12.2. The van der Waals surface area contributed by atoms with Crippen LogP contribution in [0.5, 0.6) is 0 Å². The number of nitrogens with one attached hydrogen (secondary N) is 1. The van der Waals surface area contributed by atoms with Gasteiger partial charge in [0.05, 0.1) is 6.42 Å². The molecule has 0 bridgehead atoms. The normalized spacial score (nSPS) is 12.9. The Labute approximate surface area is 110 Å². The summed E-state index contributed by atoms with van der Waals surface area (Å²) in [5.74, 6) is -0.180. The van der Waals surface area contributed by atoms with Gasteiger partial charge in [-0.3, -0.25) is 9.59 Å². The van der Waals surface area contributed by atoms with Crippen molar-refractivity contribution in [2.75, 3.05) is 11.1 Å². The predicted octanol–water partition coefficient (Wildman–Crippen LogP) is 1.99. The van der Waals surface area contributed by atoms with Gasteiger partial charge in [0.1, 0.15) is 0 Å². The topological polar surface area (TPSA) is 72.2 Å². The fourth-order valence-corrected chi connectivity index (χ4v) is 2.21. The molecule has 1 aliphatic rings. The first-order chi connectivity index (χ1) is 9.15. The highest BCUT2D eigenvalue weighted by Gasteiger charge is 2.20. The molecule has 0 spiro atoms. The lowest BCUT2D eigenvalue weighted by Crippen LogP contribution is -2.06. The SMILES string of the molecule is Nc1ccccc1C(=O)c1ccc2c(c1)NC(=O)C2. The van der Waals surface area contributed by atoms with Crippen LogP contribution in [0.4, 0.5) is 11.4 Å². The maximum absolute atomic E-state index is 12.4. The monoisotopic (exact) mass is 252 g/mol. The number of hydrogen-bond acceptors (Lipinski definition) is 3. The van der Waals surface area contributed by atoms with Gasteiger partial charge in [0.2, 0.25) is 5.91 Å². The molecule has 0 aliphatic carbocycles. The highest BCUT2D eigenvalue weighted by molar-refractivity contribution is 6.13. The lowest BCUT2D eigenvalue weighted by molar-refractivity contribution is -0.115. The fourth-order valence-electron chi connectivity index (χ4n) is 2.21. The van der Waals surface area contributed by atoms with E-state index in [-0.39, 0.29) is 11.7 Å². The van der Waals surface area contributed by atoms with Crippen LogP contribution in [-0.4, -0.2) is 11.7 Å². The Balaban J connectivity index is 2.00. The Morgan fingerprint density at radius 2 is 1.95 bits per heavy atom. The fraction of sp³-hybridized carbons (Fsp3) is 0.0667. The number of rotatable bonds is 2. The van der Waals surface area contributed by atoms with Gasteiger partial charge in [0.25, 0.3) is 0 Å². The van der Waals surface area contributed by atoms with Gasteiger partial charge >= 0.3 is 0 Å². The molecular weight excluding hydrogens is 240 g/mol. The van der Waals surface area contributed by atoms with E-state index in [1.807, 2.05) is 0 Å². The quantitative estimate of drug-likeness (QED) is 0.634. The smallest absolute Gasteiger partial charge is 0.228 e. The molecule has 3 N–H and O–H groups in total. The summed E-state index contributed by atoms with van der Waals surface area (Å²) in [6.45, 7) is 0. The van der Waals surface area contributed by atoms with Crippen LogP contribution in [0.15, 0.2) is 42.5 Å². The highest BCUT2D eigenvalue weighted by Crippen LogP contribution is 2.26. The molecule has 3 rings (SSSR count). The summed E-state index contributed by atoms with van der Waals surface area (Å²) >= 11 is 0. The van der Waals surface area contributed by atoms with E-state index in [2.05, 4.69) is 5.32 Å². The van der Waals surface area contributed by atoms with Crippen LogP contribution < -0.4 is 11.1 Å². The Bertz CT molecular complexity index is 692. The van der Waals surface area contributed by atoms with Gasteiger partial charge < -0.3 is 11.1 Å². The Hall–Kier alpha value is -2.62. The van der Waals surface area contributed by atoms with Gasteiger partial charge in [-0.1, -0.05) is 24.3 Å². The number of para-hydroxylation sites is 1. The van der Waals surface area contributed by atoms with Gasteiger partial charge in [-0.15, -0.1) is 0 Å². The Morgan fingerprint density at radius 1 is 1.16 bits per heavy atom. The molecule has 1 heterocycles. The van der Waals surface area contributed by atoms with Crippen molar-refractivity contribution in [1.82, 2.24) is 0 Å². The number of ketones is 1. The zero-order valence-corrected chi connectivity index (χ0v) is 10.1. The maximum atomic E-state index is 12.4. The molecule has 2 aromatic rings. The molecule has 94 valence electrons. The van der Waals surface area contributed by atoms with Crippen LogP contribution in [0.25, 0.3) is 0 Å². The Kier molecular flexibility index (Phi) is 2.56. The molecule has 1 aliphatic heterocycles. The molecule has 0 fully saturated rings. The summed E-state index contributed by atoms with van der Waals surface area (Å²) in [4.78, 5) is 23.6. The van der Waals surface area contributed by atoms with E-state index in [1.165, 1.54) is 0 Å². The van der Waals surface area contributed by atoms with Crippen molar-refractivity contribution >= 4 is 23.1 Å². The Morgan fingerprint density at radius 3 is 2.74 bits per heavy atom. The average Bonchev–Trinajstić information content (AvgIpc) is 2.77. The minimum atomic E-state index is -0.137. The third-order valence-corrected chi connectivity index (χ3v) is 3.20. The average molecular weight is 252 g/mol. The van der Waals surface area contributed by atoms with Crippen molar-refractivity contribution in [2.24, 2.45) is 0 Å². The zero-order chi connectivity index (χ0) is 13.4. The van der Waals surface area contributed by atoms with Crippen LogP contribution in [0.3, 0.4) is 0 Å². The molecular formula is C15H12N2O2. The summed E-state index contributed by atoms with van der Waals surface area (Å²) in [6.07, 6.45) is 0.372. The number of nitrogen functional groups attached to an aromatic ring is 1. The number of fused-ring (bicyclic) bond motifs is 1. The maximum Gasteiger partial charge on any atom is 0.228 e. The van der Waals surface area contributed by atoms with Crippen molar-refractivity contribution in [3.05, 3.63) is 59.2 Å². The molecule has 0 saturated heterocycles. The molecule has 0 unspecified atom stereocenters. The lowest BCUT2D eigenvalue weighted by atomic mass is 10.00. The number of anilines is 2. The number of carbonyl (C=O) groups is 2. The van der Waals surface area contributed by atoms with Crippen molar-refractivity contribution in [3.63, 3.8) is 0 Å². The lowest BCUT2D eigenvalue weighted by Gasteiger charge is -2.06. The van der Waals surface area contributed by atoms with Crippen LogP contribution in [-0.2, 0) is 11.2 Å². The standard InChI is InChI=1S/C15H12N2O2/c16-12-4-2-1-3-11(12)15(19)10-6-5-9-8-14(18)17-13(9)7-10/h1-7H,8,16H2,(H,17,18). The second-order valence-electron chi connectivity index (χ2n) is 4.51. The summed E-state index contributed by atoms with van der Waals surface area (Å²) in [5, 5.41) is 2.74. The van der Waals surface area contributed by atoms with Gasteiger partial charge in [0.15, 0.2) is 5.78 Å². The second-order valence-corrected chi connectivity index (χ2v) is 4.51. The first kappa shape index (κ1) is 11.5. The molecule has 0 saturated carbocycles. The largest absolute Gasteiger partial charge is 0.398 e. The van der Waals surface area contributed by atoms with Crippen LogP contribution in [0, 0.1) is 0 Å². The van der Waals surface area contributed by atoms with E-state index < -0.39 is 0 Å². The zero-order valence-electron chi connectivity index (χ0n) is 10.1. The molecule has 19 heavy (non-hydrogen) atoms. The van der Waals surface area contributed by atoms with Crippen molar-refractivity contribution < 1.29 is 9.59 Å². The second kappa shape index (κ2) is 4.24. The third kappa shape index (κ3) is 1.97. The van der Waals surface area contributed by atoms with Crippen LogP contribution >= 0.6 is 0 Å². The predicted molar refractivity (Wildman–Crippen MR) is 73.1 cm³/mol. The minimum Gasteiger partial charge on any atom is -0.398 e. The first-order valence-electron chi connectivity index (χ1n) is 5.97. The van der Waals surface area contributed by atoms with Crippen molar-refractivity contribution in [2.45, 2.75) is 6.42 Å². The van der Waals surface area contributed by atoms with E-state index in [4.69, 9.17) is 5.73 Å². The van der Waals surface area contributed by atoms with Crippen LogP contribution in [0.2, 0.25) is 0 Å². The molecule has 1 amide bonds. The molecule has 0 radical (unpaired) electrons. The van der Waals surface area contributed by atoms with E-state index in [0.29, 0.717) is 28.9 Å². The number of amides is 1. The molecule has 4 heteroatoms. The first-order valence-corrected chi connectivity index (χ1v) is 5.97. The van der Waals surface area contributed by atoms with E-state index in [1.54, 1.807) is 42.5 Å². The highest BCUT2D eigenvalue weighted by atomic mass is 16.1. The molecule has 2 aromatic carbocycles. The summed E-state index contributed by atoms with van der Waals surface area (Å²) in [7, 11) is 0. The van der Waals surface area contributed by atoms with Gasteiger partial charge in [-0.2, -0.15) is 0 Å². The van der Waals surface area contributed by atoms with Gasteiger partial charge in [-0.05, 0) is 23.8 Å².